The molecule has 0 aliphatic carbocycles. The molecular formula is C12H13ClN2S. The first kappa shape index (κ1) is 11.6. The number of halogens is 1. The molecular weight excluding hydrogens is 240 g/mol. The smallest absolute Gasteiger partial charge is 0.127 e. The van der Waals surface area contributed by atoms with Crippen LogP contribution in [0.4, 0.5) is 5.69 Å². The third kappa shape index (κ3) is 2.45. The number of hydrogen-bond acceptors (Lipinski definition) is 3. The van der Waals surface area contributed by atoms with Gasteiger partial charge in [-0.05, 0) is 36.5 Å². The topological polar surface area (TPSA) is 35.8 Å². The van der Waals surface area contributed by atoms with Gasteiger partial charge < -0.3 is 5.32 Å². The summed E-state index contributed by atoms with van der Waals surface area (Å²) in [6, 6.07) is 9.99. The van der Waals surface area contributed by atoms with E-state index in [4.69, 9.17) is 11.6 Å². The molecule has 0 amide bonds. The second-order valence-electron chi connectivity index (χ2n) is 3.91. The van der Waals surface area contributed by atoms with Crippen LogP contribution in [0.5, 0.6) is 0 Å². The summed E-state index contributed by atoms with van der Waals surface area (Å²) >= 11 is 7.99. The van der Waals surface area contributed by atoms with E-state index in [0.717, 1.165) is 30.0 Å². The van der Waals surface area contributed by atoms with Crippen LogP contribution >= 0.6 is 23.4 Å². The fraction of sp³-hybridized carbons (Fsp3) is 0.417. The zero-order valence-electron chi connectivity index (χ0n) is 8.87. The van der Waals surface area contributed by atoms with Crippen molar-refractivity contribution in [3.63, 3.8) is 0 Å². The van der Waals surface area contributed by atoms with Crippen molar-refractivity contribution in [2.75, 3.05) is 16.8 Å². The number of nitriles is 1. The fourth-order valence-corrected chi connectivity index (χ4v) is 3.18. The van der Waals surface area contributed by atoms with Gasteiger partial charge in [0.2, 0.25) is 0 Å². The standard InChI is InChI=1S/C12H13ClN2S/c13-10-3-1-2-4-11(10)15-12(9-14)5-7-16-8-6-12/h1-4,15H,5-8H2. The van der Waals surface area contributed by atoms with E-state index in [-0.39, 0.29) is 0 Å². The Hall–Kier alpha value is -0.850. The Kier molecular flexibility index (Phi) is 3.63. The summed E-state index contributed by atoms with van der Waals surface area (Å²) in [5, 5.41) is 13.3. The van der Waals surface area contributed by atoms with Gasteiger partial charge in [-0.2, -0.15) is 17.0 Å². The van der Waals surface area contributed by atoms with Gasteiger partial charge in [-0.1, -0.05) is 23.7 Å². The first-order valence-corrected chi connectivity index (χ1v) is 6.81. The molecule has 16 heavy (non-hydrogen) atoms. The van der Waals surface area contributed by atoms with E-state index in [9.17, 15) is 5.26 Å². The van der Waals surface area contributed by atoms with Crippen molar-refractivity contribution in [3.8, 4) is 6.07 Å². The molecule has 1 N–H and O–H groups in total. The summed E-state index contributed by atoms with van der Waals surface area (Å²) in [5.41, 5.74) is 0.425. The number of hydrogen-bond donors (Lipinski definition) is 1. The number of anilines is 1. The SMILES string of the molecule is N#CC1(Nc2ccccc2Cl)CCSCC1. The zero-order chi connectivity index (χ0) is 11.4. The van der Waals surface area contributed by atoms with Crippen LogP contribution in [0.25, 0.3) is 0 Å². The maximum atomic E-state index is 9.33. The Labute approximate surface area is 105 Å². The van der Waals surface area contributed by atoms with Crippen LogP contribution in [0, 0.1) is 11.3 Å². The van der Waals surface area contributed by atoms with Gasteiger partial charge >= 0.3 is 0 Å². The molecule has 0 bridgehead atoms. The maximum absolute atomic E-state index is 9.33. The van der Waals surface area contributed by atoms with E-state index < -0.39 is 5.54 Å². The van der Waals surface area contributed by atoms with Gasteiger partial charge in [-0.25, -0.2) is 0 Å². The third-order valence-electron chi connectivity index (χ3n) is 2.81. The number of thioether (sulfide) groups is 1. The summed E-state index contributed by atoms with van der Waals surface area (Å²) in [6.07, 6.45) is 1.75. The molecule has 0 saturated carbocycles. The molecule has 0 unspecified atom stereocenters. The summed E-state index contributed by atoms with van der Waals surface area (Å²) in [6.45, 7) is 0. The van der Waals surface area contributed by atoms with Crippen molar-refractivity contribution < 1.29 is 0 Å². The minimum Gasteiger partial charge on any atom is -0.366 e. The molecule has 84 valence electrons. The summed E-state index contributed by atoms with van der Waals surface area (Å²) in [5.74, 6) is 2.07. The normalized spacial score (nSPS) is 18.8. The second-order valence-corrected chi connectivity index (χ2v) is 5.54. The zero-order valence-corrected chi connectivity index (χ0v) is 10.4. The minimum atomic E-state index is -0.434. The number of rotatable bonds is 2. The van der Waals surface area contributed by atoms with Crippen molar-refractivity contribution >= 4 is 29.1 Å². The van der Waals surface area contributed by atoms with E-state index >= 15 is 0 Å². The van der Waals surface area contributed by atoms with Crippen LogP contribution in [0.15, 0.2) is 24.3 Å². The molecule has 2 nitrogen and oxygen atoms in total. The molecule has 4 heteroatoms. The lowest BCUT2D eigenvalue weighted by Gasteiger charge is -2.32. The lowest BCUT2D eigenvalue weighted by Crippen LogP contribution is -2.40. The van der Waals surface area contributed by atoms with Gasteiger partial charge in [0, 0.05) is 0 Å². The summed E-state index contributed by atoms with van der Waals surface area (Å²) in [7, 11) is 0. The van der Waals surface area contributed by atoms with Crippen molar-refractivity contribution in [3.05, 3.63) is 29.3 Å². The van der Waals surface area contributed by atoms with E-state index in [0.29, 0.717) is 5.02 Å². The van der Waals surface area contributed by atoms with Crippen LogP contribution in [-0.4, -0.2) is 17.0 Å². The van der Waals surface area contributed by atoms with Gasteiger partial charge in [-0.3, -0.25) is 0 Å². The maximum Gasteiger partial charge on any atom is 0.127 e. The van der Waals surface area contributed by atoms with Crippen LogP contribution < -0.4 is 5.32 Å². The largest absolute Gasteiger partial charge is 0.366 e. The average molecular weight is 253 g/mol. The molecule has 1 saturated heterocycles. The van der Waals surface area contributed by atoms with Crippen LogP contribution in [0.2, 0.25) is 5.02 Å². The van der Waals surface area contributed by atoms with Gasteiger partial charge in [0.25, 0.3) is 0 Å². The highest BCUT2D eigenvalue weighted by Crippen LogP contribution is 2.32. The monoisotopic (exact) mass is 252 g/mol. The van der Waals surface area contributed by atoms with Crippen molar-refractivity contribution in [1.82, 2.24) is 0 Å². The molecule has 0 spiro atoms. The van der Waals surface area contributed by atoms with Crippen LogP contribution in [-0.2, 0) is 0 Å². The van der Waals surface area contributed by atoms with Gasteiger partial charge in [0.05, 0.1) is 16.8 Å². The number of para-hydroxylation sites is 1. The van der Waals surface area contributed by atoms with E-state index in [1.165, 1.54) is 0 Å². The molecule has 1 aliphatic rings. The molecule has 1 aromatic rings. The second kappa shape index (κ2) is 4.99. The Balaban J connectivity index is 2.19. The number of nitrogens with zero attached hydrogens (tertiary/aromatic N) is 1. The van der Waals surface area contributed by atoms with Gasteiger partial charge in [-0.15, -0.1) is 0 Å². The predicted molar refractivity (Wildman–Crippen MR) is 70.0 cm³/mol. The third-order valence-corrected chi connectivity index (χ3v) is 4.12. The van der Waals surface area contributed by atoms with Crippen molar-refractivity contribution in [1.29, 1.82) is 5.26 Å². The lowest BCUT2D eigenvalue weighted by molar-refractivity contribution is 0.545. The summed E-state index contributed by atoms with van der Waals surface area (Å²) in [4.78, 5) is 0. The van der Waals surface area contributed by atoms with Crippen LogP contribution in [0.1, 0.15) is 12.8 Å². The Morgan fingerprint density at radius 1 is 1.31 bits per heavy atom. The first-order chi connectivity index (χ1) is 7.76. The van der Waals surface area contributed by atoms with E-state index in [1.54, 1.807) is 0 Å². The van der Waals surface area contributed by atoms with Crippen molar-refractivity contribution in [2.45, 2.75) is 18.4 Å². The van der Waals surface area contributed by atoms with Crippen molar-refractivity contribution in [2.24, 2.45) is 0 Å². The predicted octanol–water partition coefficient (Wildman–Crippen LogP) is 3.54. The average Bonchev–Trinajstić information content (AvgIpc) is 2.33. The highest BCUT2D eigenvalue weighted by molar-refractivity contribution is 7.99. The number of nitrogens with one attached hydrogen (secondary N) is 1. The molecule has 1 fully saturated rings. The molecule has 0 aromatic heterocycles. The number of benzene rings is 1. The molecule has 1 aromatic carbocycles. The Morgan fingerprint density at radius 3 is 2.62 bits per heavy atom. The minimum absolute atomic E-state index is 0.434. The molecule has 2 rings (SSSR count). The molecule has 1 aliphatic heterocycles. The Bertz CT molecular complexity index is 408. The fourth-order valence-electron chi connectivity index (χ4n) is 1.80. The van der Waals surface area contributed by atoms with E-state index in [1.807, 2.05) is 36.0 Å². The van der Waals surface area contributed by atoms with Gasteiger partial charge in [0.15, 0.2) is 0 Å². The van der Waals surface area contributed by atoms with Gasteiger partial charge in [0.1, 0.15) is 5.54 Å². The Morgan fingerprint density at radius 2 is 2.00 bits per heavy atom. The quantitative estimate of drug-likeness (QED) is 0.875. The van der Waals surface area contributed by atoms with Crippen LogP contribution in [0.3, 0.4) is 0 Å². The first-order valence-electron chi connectivity index (χ1n) is 5.27. The summed E-state index contributed by atoms with van der Waals surface area (Å²) < 4.78 is 0. The molecule has 0 radical (unpaired) electrons. The molecule has 0 atom stereocenters. The lowest BCUT2D eigenvalue weighted by atomic mass is 9.93. The molecule has 1 heterocycles. The highest BCUT2D eigenvalue weighted by Gasteiger charge is 2.32. The highest BCUT2D eigenvalue weighted by atomic mass is 35.5. The van der Waals surface area contributed by atoms with E-state index in [2.05, 4.69) is 11.4 Å².